The molecule has 1 aliphatic rings. The van der Waals surface area contributed by atoms with Gasteiger partial charge < -0.3 is 24.9 Å². The molecule has 1 saturated heterocycles. The summed E-state index contributed by atoms with van der Waals surface area (Å²) in [7, 11) is 0. The first-order chi connectivity index (χ1) is 12.5. The van der Waals surface area contributed by atoms with Crippen molar-refractivity contribution in [3.63, 3.8) is 0 Å². The van der Waals surface area contributed by atoms with Gasteiger partial charge in [-0.2, -0.15) is 0 Å². The van der Waals surface area contributed by atoms with Gasteiger partial charge in [-0.05, 0) is 12.1 Å². The van der Waals surface area contributed by atoms with Crippen LogP contribution in [0.4, 0.5) is 0 Å². The number of oxime groups is 1. The summed E-state index contributed by atoms with van der Waals surface area (Å²) in [4.78, 5) is 37.1. The van der Waals surface area contributed by atoms with Crippen molar-refractivity contribution in [2.45, 2.75) is 12.1 Å². The molecule has 9 heteroatoms. The minimum Gasteiger partial charge on any atom is -0.479 e. The zero-order valence-electron chi connectivity index (χ0n) is 13.4. The quantitative estimate of drug-likeness (QED) is 0.300. The number of nitrogens with zero attached hydrogens (tertiary/aromatic N) is 2. The Kier molecular flexibility index (Phi) is 4.70. The number of benzene rings is 1. The van der Waals surface area contributed by atoms with Crippen LogP contribution in [0.3, 0.4) is 0 Å². The van der Waals surface area contributed by atoms with Gasteiger partial charge in [0.25, 0.3) is 5.91 Å². The largest absolute Gasteiger partial charge is 0.479 e. The number of likely N-dealkylation sites (tertiary alicyclic amines) is 1. The number of hydrogen-bond donors (Lipinski definition) is 3. The van der Waals surface area contributed by atoms with Gasteiger partial charge in [0.05, 0.1) is 12.8 Å². The molecule has 2 heterocycles. The number of β-lactam (4-membered cyclic amide) rings is 1. The first-order valence-corrected chi connectivity index (χ1v) is 7.68. The van der Waals surface area contributed by atoms with Crippen molar-refractivity contribution in [2.75, 3.05) is 6.54 Å². The second kappa shape index (κ2) is 7.09. The average molecular weight is 357 g/mol. The molecule has 26 heavy (non-hydrogen) atoms. The summed E-state index contributed by atoms with van der Waals surface area (Å²) in [6.07, 6.45) is 1.32. The van der Waals surface area contributed by atoms with E-state index in [4.69, 9.17) is 9.62 Å². The zero-order chi connectivity index (χ0) is 18.7. The Morgan fingerprint density at radius 1 is 1.23 bits per heavy atom. The Morgan fingerprint density at radius 2 is 1.96 bits per heavy atom. The summed E-state index contributed by atoms with van der Waals surface area (Å²) in [5.41, 5.74) is 0.146. The van der Waals surface area contributed by atoms with E-state index in [1.807, 2.05) is 0 Å². The first-order valence-electron chi connectivity index (χ1n) is 7.68. The number of carbonyl (C=O) groups is 3. The highest BCUT2D eigenvalue weighted by molar-refractivity contribution is 6.45. The van der Waals surface area contributed by atoms with E-state index in [-0.39, 0.29) is 18.0 Å². The minimum atomic E-state index is -1.26. The Hall–Kier alpha value is -3.62. The molecule has 2 atom stereocenters. The molecule has 1 aromatic carbocycles. The fourth-order valence-electron chi connectivity index (χ4n) is 2.70. The number of aliphatic carboxylic acids is 1. The van der Waals surface area contributed by atoms with Gasteiger partial charge in [0.15, 0.2) is 11.8 Å². The monoisotopic (exact) mass is 357 g/mol. The summed E-state index contributed by atoms with van der Waals surface area (Å²) in [6.45, 7) is -0.00423. The number of carboxylic acid groups (broad SMARTS) is 1. The summed E-state index contributed by atoms with van der Waals surface area (Å²) in [5, 5.41) is 23.9. The summed E-state index contributed by atoms with van der Waals surface area (Å²) in [6, 6.07) is 9.08. The minimum absolute atomic E-state index is 0.00423. The van der Waals surface area contributed by atoms with Crippen molar-refractivity contribution < 1.29 is 29.1 Å². The average Bonchev–Trinajstić information content (AvgIpc) is 3.16. The van der Waals surface area contributed by atoms with Gasteiger partial charge in [0, 0.05) is 5.56 Å². The Labute approximate surface area is 147 Å². The van der Waals surface area contributed by atoms with Gasteiger partial charge in [0.1, 0.15) is 11.8 Å². The molecule has 1 fully saturated rings. The van der Waals surface area contributed by atoms with Crippen LogP contribution >= 0.6 is 0 Å². The normalized spacial score (nSPS) is 18.2. The van der Waals surface area contributed by atoms with Crippen molar-refractivity contribution in [1.82, 2.24) is 10.2 Å². The van der Waals surface area contributed by atoms with Gasteiger partial charge in [0.2, 0.25) is 5.91 Å². The molecule has 3 N–H and O–H groups in total. The number of amides is 2. The Bertz CT molecular complexity index is 847. The van der Waals surface area contributed by atoms with Crippen LogP contribution in [0, 0.1) is 0 Å². The van der Waals surface area contributed by atoms with Crippen LogP contribution in [-0.2, 0) is 14.4 Å². The molecular weight excluding hydrogens is 342 g/mol. The zero-order valence-corrected chi connectivity index (χ0v) is 13.4. The standard InChI is InChI=1S/C17H15N3O6/c21-15(13(19-25)10-5-2-1-3-6-10)18-11-9-20(16(11)22)14(17(23)24)12-7-4-8-26-12/h1-8,11,14,25H,9H2,(H,18,21)(H,23,24). The van der Waals surface area contributed by atoms with E-state index in [1.165, 1.54) is 18.4 Å². The van der Waals surface area contributed by atoms with Crippen LogP contribution in [0.5, 0.6) is 0 Å². The summed E-state index contributed by atoms with van der Waals surface area (Å²) < 4.78 is 5.08. The third-order valence-electron chi connectivity index (χ3n) is 3.99. The second-order valence-electron chi connectivity index (χ2n) is 5.59. The maximum Gasteiger partial charge on any atom is 0.334 e. The lowest BCUT2D eigenvalue weighted by molar-refractivity contribution is -0.160. The van der Waals surface area contributed by atoms with E-state index in [0.717, 1.165) is 4.90 Å². The molecule has 2 aromatic rings. The van der Waals surface area contributed by atoms with Gasteiger partial charge in [-0.1, -0.05) is 35.5 Å². The number of furan rings is 1. The number of carboxylic acids is 1. The fraction of sp³-hybridized carbons (Fsp3) is 0.176. The van der Waals surface area contributed by atoms with Gasteiger partial charge in [-0.15, -0.1) is 0 Å². The molecule has 3 rings (SSSR count). The van der Waals surface area contributed by atoms with E-state index in [2.05, 4.69) is 10.5 Å². The van der Waals surface area contributed by atoms with Gasteiger partial charge >= 0.3 is 5.97 Å². The van der Waals surface area contributed by atoms with Crippen molar-refractivity contribution in [2.24, 2.45) is 5.16 Å². The van der Waals surface area contributed by atoms with Crippen molar-refractivity contribution in [3.05, 3.63) is 60.1 Å². The Balaban J connectivity index is 1.67. The smallest absolute Gasteiger partial charge is 0.334 e. The molecule has 0 bridgehead atoms. The molecule has 0 aliphatic carbocycles. The van der Waals surface area contributed by atoms with Crippen LogP contribution in [0.15, 0.2) is 58.3 Å². The van der Waals surface area contributed by atoms with E-state index >= 15 is 0 Å². The highest BCUT2D eigenvalue weighted by Crippen LogP contribution is 2.27. The molecule has 0 spiro atoms. The van der Waals surface area contributed by atoms with Gasteiger partial charge in [-0.3, -0.25) is 9.59 Å². The van der Waals surface area contributed by atoms with Crippen LogP contribution in [0.25, 0.3) is 0 Å². The summed E-state index contributed by atoms with van der Waals surface area (Å²) in [5.74, 6) is -2.41. The van der Waals surface area contributed by atoms with Crippen LogP contribution < -0.4 is 5.32 Å². The molecule has 2 amide bonds. The lowest BCUT2D eigenvalue weighted by Gasteiger charge is -2.41. The maximum absolute atomic E-state index is 12.3. The fourth-order valence-corrected chi connectivity index (χ4v) is 2.70. The van der Waals surface area contributed by atoms with Crippen LogP contribution in [0.1, 0.15) is 17.4 Å². The van der Waals surface area contributed by atoms with E-state index in [9.17, 15) is 19.5 Å². The molecule has 0 saturated carbocycles. The predicted molar refractivity (Wildman–Crippen MR) is 87.5 cm³/mol. The number of nitrogens with one attached hydrogen (secondary N) is 1. The highest BCUT2D eigenvalue weighted by Gasteiger charge is 2.46. The molecule has 9 nitrogen and oxygen atoms in total. The SMILES string of the molecule is O=C(NC1CN(C(C(=O)O)c2ccco2)C1=O)C(=NO)c1ccccc1. The molecular formula is C17H15N3O6. The first kappa shape index (κ1) is 17.2. The van der Waals surface area contributed by atoms with Crippen molar-refractivity contribution in [3.8, 4) is 0 Å². The van der Waals surface area contributed by atoms with Gasteiger partial charge in [-0.25, -0.2) is 4.79 Å². The highest BCUT2D eigenvalue weighted by atomic mass is 16.4. The lowest BCUT2D eigenvalue weighted by atomic mass is 10.0. The van der Waals surface area contributed by atoms with Crippen molar-refractivity contribution in [1.29, 1.82) is 0 Å². The lowest BCUT2D eigenvalue weighted by Crippen LogP contribution is -2.66. The van der Waals surface area contributed by atoms with E-state index in [1.54, 1.807) is 30.3 Å². The third-order valence-corrected chi connectivity index (χ3v) is 3.99. The number of carbonyl (C=O) groups excluding carboxylic acids is 2. The molecule has 2 unspecified atom stereocenters. The molecule has 134 valence electrons. The topological polar surface area (TPSA) is 132 Å². The predicted octanol–water partition coefficient (Wildman–Crippen LogP) is 0.611. The summed E-state index contributed by atoms with van der Waals surface area (Å²) >= 11 is 0. The van der Waals surface area contributed by atoms with E-state index in [0.29, 0.717) is 5.56 Å². The number of hydrogen-bond acceptors (Lipinski definition) is 6. The third kappa shape index (κ3) is 3.14. The van der Waals surface area contributed by atoms with E-state index < -0.39 is 29.9 Å². The van der Waals surface area contributed by atoms with Crippen LogP contribution in [0.2, 0.25) is 0 Å². The van der Waals surface area contributed by atoms with Crippen LogP contribution in [-0.4, -0.2) is 51.3 Å². The number of rotatable bonds is 6. The molecule has 0 radical (unpaired) electrons. The maximum atomic E-state index is 12.3. The second-order valence-corrected chi connectivity index (χ2v) is 5.59. The molecule has 1 aliphatic heterocycles. The van der Waals surface area contributed by atoms with Crippen molar-refractivity contribution >= 4 is 23.5 Å². The Morgan fingerprint density at radius 3 is 2.50 bits per heavy atom. The molecule has 1 aromatic heterocycles.